The predicted molar refractivity (Wildman–Crippen MR) is 133 cm³/mol. The van der Waals surface area contributed by atoms with Crippen molar-refractivity contribution in [3.05, 3.63) is 58.1 Å². The van der Waals surface area contributed by atoms with Crippen molar-refractivity contribution in [2.45, 2.75) is 59.2 Å². The number of hydrogen-bond donors (Lipinski definition) is 1. The van der Waals surface area contributed by atoms with Crippen molar-refractivity contribution in [2.24, 2.45) is 0 Å². The molecule has 0 aliphatic rings. The second-order valence-corrected chi connectivity index (χ2v) is 10.9. The second kappa shape index (κ2) is 8.09. The van der Waals surface area contributed by atoms with E-state index >= 15 is 0 Å². The van der Waals surface area contributed by atoms with Crippen LogP contribution in [0.3, 0.4) is 0 Å². The maximum atomic E-state index is 6.58. The van der Waals surface area contributed by atoms with Gasteiger partial charge in [-0.1, -0.05) is 53.5 Å². The van der Waals surface area contributed by atoms with E-state index in [-0.39, 0.29) is 11.1 Å². The summed E-state index contributed by atoms with van der Waals surface area (Å²) < 4.78 is 4.09. The number of aromatic nitrogens is 5. The number of nitrogens with one attached hydrogen (secondary N) is 1. The van der Waals surface area contributed by atoms with Crippen molar-refractivity contribution in [2.75, 3.05) is 5.32 Å². The number of rotatable bonds is 4. The zero-order chi connectivity index (χ0) is 23.3. The molecule has 0 aliphatic carbocycles. The molecule has 6 nitrogen and oxygen atoms in total. The minimum atomic E-state index is -0.287. The highest BCUT2D eigenvalue weighted by atomic mass is 35.5. The van der Waals surface area contributed by atoms with Gasteiger partial charge in [0.25, 0.3) is 0 Å². The van der Waals surface area contributed by atoms with Crippen LogP contribution in [0.5, 0.6) is 0 Å². The molecular weight excluding hydrogens is 443 g/mol. The van der Waals surface area contributed by atoms with Crippen molar-refractivity contribution in [1.82, 2.24) is 24.8 Å². The highest BCUT2D eigenvalue weighted by molar-refractivity contribution is 6.35. The van der Waals surface area contributed by atoms with E-state index in [9.17, 15) is 0 Å². The molecule has 0 unspecified atom stereocenters. The SMILES string of the molecule is CC(C)(C)Nc1c2ccccc2c(-c2nnnn2C(C)(C)C)n1Cc1ccc(Cl)cc1Cl. The van der Waals surface area contributed by atoms with Crippen molar-refractivity contribution in [1.29, 1.82) is 0 Å². The van der Waals surface area contributed by atoms with Crippen LogP contribution in [0.2, 0.25) is 10.0 Å². The average molecular weight is 471 g/mol. The third kappa shape index (κ3) is 4.34. The van der Waals surface area contributed by atoms with Crippen LogP contribution in [0.4, 0.5) is 5.82 Å². The van der Waals surface area contributed by atoms with Gasteiger partial charge in [0.15, 0.2) is 5.82 Å². The molecule has 0 aliphatic heterocycles. The third-order valence-electron chi connectivity index (χ3n) is 5.13. The van der Waals surface area contributed by atoms with Crippen molar-refractivity contribution in [3.63, 3.8) is 0 Å². The first-order valence-electron chi connectivity index (χ1n) is 10.6. The molecule has 0 amide bonds. The summed E-state index contributed by atoms with van der Waals surface area (Å²) in [6, 6.07) is 13.9. The van der Waals surface area contributed by atoms with Crippen molar-refractivity contribution < 1.29 is 0 Å². The second-order valence-electron chi connectivity index (χ2n) is 10.0. The number of anilines is 1. The molecule has 8 heteroatoms. The van der Waals surface area contributed by atoms with E-state index in [4.69, 9.17) is 23.2 Å². The predicted octanol–water partition coefficient (Wildman–Crippen LogP) is 6.62. The monoisotopic (exact) mass is 470 g/mol. The van der Waals surface area contributed by atoms with Crippen LogP contribution in [-0.2, 0) is 12.1 Å². The van der Waals surface area contributed by atoms with E-state index in [0.717, 1.165) is 27.8 Å². The smallest absolute Gasteiger partial charge is 0.199 e. The number of nitrogens with zero attached hydrogens (tertiary/aromatic N) is 5. The fourth-order valence-electron chi connectivity index (χ4n) is 3.79. The van der Waals surface area contributed by atoms with E-state index in [1.807, 2.05) is 28.9 Å². The number of tetrazole rings is 1. The summed E-state index contributed by atoms with van der Waals surface area (Å²) in [7, 11) is 0. The topological polar surface area (TPSA) is 60.6 Å². The fraction of sp³-hybridized carbons (Fsp3) is 0.375. The molecule has 0 bridgehead atoms. The lowest BCUT2D eigenvalue weighted by atomic mass is 10.1. The molecule has 0 spiro atoms. The lowest BCUT2D eigenvalue weighted by Crippen LogP contribution is -2.28. The Hall–Kier alpha value is -2.57. The van der Waals surface area contributed by atoms with Gasteiger partial charge in [0.05, 0.1) is 17.8 Å². The van der Waals surface area contributed by atoms with Gasteiger partial charge in [-0.2, -0.15) is 0 Å². The van der Waals surface area contributed by atoms with Gasteiger partial charge >= 0.3 is 0 Å². The first-order chi connectivity index (χ1) is 15.0. The van der Waals surface area contributed by atoms with Crippen LogP contribution in [0, 0.1) is 0 Å². The van der Waals surface area contributed by atoms with E-state index in [0.29, 0.717) is 22.4 Å². The molecule has 2 heterocycles. The normalized spacial score (nSPS) is 12.5. The summed E-state index contributed by atoms with van der Waals surface area (Å²) in [5.41, 5.74) is 1.46. The summed E-state index contributed by atoms with van der Waals surface area (Å²) in [4.78, 5) is 0. The molecular formula is C24H28Cl2N6. The molecule has 0 saturated heterocycles. The molecule has 0 atom stereocenters. The summed E-state index contributed by atoms with van der Waals surface area (Å²) in [6.07, 6.45) is 0. The zero-order valence-corrected chi connectivity index (χ0v) is 20.8. The van der Waals surface area contributed by atoms with E-state index in [1.54, 1.807) is 6.07 Å². The van der Waals surface area contributed by atoms with Crippen LogP contribution < -0.4 is 5.32 Å². The first kappa shape index (κ1) is 22.6. The van der Waals surface area contributed by atoms with Gasteiger partial charge in [-0.05, 0) is 69.7 Å². The lowest BCUT2D eigenvalue weighted by Gasteiger charge is -2.25. The fourth-order valence-corrected chi connectivity index (χ4v) is 4.26. The Balaban J connectivity index is 2.04. The molecule has 0 fully saturated rings. The van der Waals surface area contributed by atoms with Crippen LogP contribution in [0.1, 0.15) is 47.1 Å². The summed E-state index contributed by atoms with van der Waals surface area (Å²) in [6.45, 7) is 13.2. The first-order valence-corrected chi connectivity index (χ1v) is 11.3. The summed E-state index contributed by atoms with van der Waals surface area (Å²) in [5, 5.41) is 19.9. The molecule has 4 rings (SSSR count). The summed E-state index contributed by atoms with van der Waals surface area (Å²) >= 11 is 12.7. The highest BCUT2D eigenvalue weighted by Crippen LogP contribution is 2.39. The average Bonchev–Trinajstić information content (AvgIpc) is 3.26. The van der Waals surface area contributed by atoms with Gasteiger partial charge in [-0.15, -0.1) is 5.10 Å². The number of benzene rings is 2. The largest absolute Gasteiger partial charge is 0.366 e. The zero-order valence-electron chi connectivity index (χ0n) is 19.2. The van der Waals surface area contributed by atoms with Crippen molar-refractivity contribution >= 4 is 39.8 Å². The maximum absolute atomic E-state index is 6.58. The minimum absolute atomic E-state index is 0.157. The van der Waals surface area contributed by atoms with Gasteiger partial charge in [0, 0.05) is 26.4 Å². The molecule has 1 N–H and O–H groups in total. The van der Waals surface area contributed by atoms with E-state index in [2.05, 4.69) is 79.1 Å². The third-order valence-corrected chi connectivity index (χ3v) is 5.72. The highest BCUT2D eigenvalue weighted by Gasteiger charge is 2.28. The van der Waals surface area contributed by atoms with Crippen LogP contribution in [0.15, 0.2) is 42.5 Å². The molecule has 2 aromatic carbocycles. The number of halogens is 2. The van der Waals surface area contributed by atoms with E-state index in [1.165, 1.54) is 0 Å². The number of fused-ring (bicyclic) bond motifs is 1. The Labute approximate surface area is 198 Å². The Morgan fingerprint density at radius 2 is 1.62 bits per heavy atom. The Morgan fingerprint density at radius 3 is 2.25 bits per heavy atom. The molecule has 2 aromatic heterocycles. The Bertz CT molecular complexity index is 1270. The van der Waals surface area contributed by atoms with E-state index < -0.39 is 0 Å². The molecule has 0 radical (unpaired) electrons. The minimum Gasteiger partial charge on any atom is -0.366 e. The number of hydrogen-bond acceptors (Lipinski definition) is 4. The van der Waals surface area contributed by atoms with Crippen LogP contribution in [0.25, 0.3) is 22.3 Å². The molecule has 32 heavy (non-hydrogen) atoms. The Kier molecular flexibility index (Phi) is 5.72. The molecule has 4 aromatic rings. The van der Waals surface area contributed by atoms with Crippen molar-refractivity contribution in [3.8, 4) is 11.5 Å². The van der Waals surface area contributed by atoms with Crippen LogP contribution in [-0.4, -0.2) is 30.3 Å². The Morgan fingerprint density at radius 1 is 0.938 bits per heavy atom. The van der Waals surface area contributed by atoms with Gasteiger partial charge in [0.2, 0.25) is 0 Å². The summed E-state index contributed by atoms with van der Waals surface area (Å²) in [5.74, 6) is 1.71. The standard InChI is InChI=1S/C24H28Cl2N6/c1-23(2,3)27-21-18-10-8-7-9-17(18)20(22-28-29-30-32(22)24(4,5)6)31(21)14-15-11-12-16(25)13-19(15)26/h7-13,27H,14H2,1-6H3. The lowest BCUT2D eigenvalue weighted by molar-refractivity contribution is 0.350. The molecule has 0 saturated carbocycles. The van der Waals surface area contributed by atoms with Gasteiger partial charge in [-0.3, -0.25) is 0 Å². The molecule has 168 valence electrons. The van der Waals surface area contributed by atoms with Gasteiger partial charge in [-0.25, -0.2) is 4.68 Å². The maximum Gasteiger partial charge on any atom is 0.199 e. The van der Waals surface area contributed by atoms with Gasteiger partial charge in [0.1, 0.15) is 5.82 Å². The van der Waals surface area contributed by atoms with Gasteiger partial charge < -0.3 is 9.88 Å². The van der Waals surface area contributed by atoms with Crippen LogP contribution >= 0.6 is 23.2 Å². The quantitative estimate of drug-likeness (QED) is 0.364.